The van der Waals surface area contributed by atoms with Crippen LogP contribution < -0.4 is 14.5 Å². The zero-order valence-electron chi connectivity index (χ0n) is 20.1. The fraction of sp³-hybridized carbons (Fsp3) is 0.357. The molecule has 2 heterocycles. The third-order valence-corrected chi connectivity index (χ3v) is 7.11. The van der Waals surface area contributed by atoms with Gasteiger partial charge in [0.2, 0.25) is 17.7 Å². The quantitative estimate of drug-likeness (QED) is 0.289. The minimum Gasteiger partial charge on any atom is -0.426 e. The van der Waals surface area contributed by atoms with Gasteiger partial charge in [-0.1, -0.05) is 17.7 Å². The van der Waals surface area contributed by atoms with E-state index in [9.17, 15) is 19.2 Å². The van der Waals surface area contributed by atoms with E-state index in [4.69, 9.17) is 4.74 Å². The number of hydrogen-bond donors (Lipinski definition) is 0. The van der Waals surface area contributed by atoms with Crippen LogP contribution in [-0.4, -0.2) is 30.2 Å². The van der Waals surface area contributed by atoms with Crippen molar-refractivity contribution in [2.45, 2.75) is 40.0 Å². The Balaban J connectivity index is 1.25. The highest BCUT2D eigenvalue weighted by Crippen LogP contribution is 2.40. The van der Waals surface area contributed by atoms with E-state index in [-0.39, 0.29) is 42.5 Å². The summed E-state index contributed by atoms with van der Waals surface area (Å²) in [5, 5.41) is 0. The molecule has 2 fully saturated rings. The first kappa shape index (κ1) is 23.0. The van der Waals surface area contributed by atoms with Gasteiger partial charge in [0, 0.05) is 18.7 Å². The number of carbonyl (C=O) groups is 4. The molecule has 0 unspecified atom stereocenters. The van der Waals surface area contributed by atoms with Crippen LogP contribution >= 0.6 is 0 Å². The number of allylic oxidation sites excluding steroid dienone is 2. The monoisotopic (exact) mass is 472 g/mol. The van der Waals surface area contributed by atoms with Crippen LogP contribution in [0.1, 0.15) is 37.3 Å². The number of nitrogens with zero attached hydrogens (tertiary/aromatic N) is 2. The van der Waals surface area contributed by atoms with E-state index in [0.29, 0.717) is 24.3 Å². The van der Waals surface area contributed by atoms with Gasteiger partial charge in [-0.25, -0.2) is 0 Å². The van der Waals surface area contributed by atoms with Gasteiger partial charge in [-0.15, -0.1) is 0 Å². The van der Waals surface area contributed by atoms with Gasteiger partial charge in [0.15, 0.2) is 0 Å². The van der Waals surface area contributed by atoms with Crippen molar-refractivity contribution in [2.75, 3.05) is 16.3 Å². The SMILES string of the molecule is CC1=CC[C@H]2C(=O)N(c3ccc(OC(=O)[C@@H]4CC(=O)N(c5cc(C)cc(C)c5)C4)cc3)C(=O)[C@H]2C1. The second kappa shape index (κ2) is 8.80. The van der Waals surface area contributed by atoms with Gasteiger partial charge in [-0.05, 0) is 81.1 Å². The topological polar surface area (TPSA) is 84.0 Å². The second-order valence-corrected chi connectivity index (χ2v) is 9.88. The van der Waals surface area contributed by atoms with Crippen molar-refractivity contribution < 1.29 is 23.9 Å². The number of aryl methyl sites for hydroxylation is 2. The van der Waals surface area contributed by atoms with Crippen LogP contribution in [0.25, 0.3) is 0 Å². The molecule has 180 valence electrons. The summed E-state index contributed by atoms with van der Waals surface area (Å²) in [6, 6.07) is 12.3. The van der Waals surface area contributed by atoms with Crippen LogP contribution in [0.2, 0.25) is 0 Å². The summed E-state index contributed by atoms with van der Waals surface area (Å²) in [7, 11) is 0. The van der Waals surface area contributed by atoms with Gasteiger partial charge < -0.3 is 9.64 Å². The summed E-state index contributed by atoms with van der Waals surface area (Å²) in [6.07, 6.45) is 3.33. The van der Waals surface area contributed by atoms with Crippen molar-refractivity contribution in [3.05, 3.63) is 65.2 Å². The Kier molecular flexibility index (Phi) is 5.79. The molecule has 3 aliphatic rings. The average molecular weight is 473 g/mol. The van der Waals surface area contributed by atoms with Crippen LogP contribution in [0.15, 0.2) is 54.1 Å². The van der Waals surface area contributed by atoms with Crippen LogP contribution in [0, 0.1) is 31.6 Å². The Morgan fingerprint density at radius 1 is 0.857 bits per heavy atom. The number of imide groups is 1. The third kappa shape index (κ3) is 4.27. The number of esters is 1. The Morgan fingerprint density at radius 3 is 2.20 bits per heavy atom. The summed E-state index contributed by atoms with van der Waals surface area (Å²) in [4.78, 5) is 54.0. The Hall–Kier alpha value is -3.74. The van der Waals surface area contributed by atoms with Crippen molar-refractivity contribution in [3.8, 4) is 5.75 Å². The number of ether oxygens (including phenoxy) is 1. The summed E-state index contributed by atoms with van der Waals surface area (Å²) in [6.45, 7) is 6.20. The highest BCUT2D eigenvalue weighted by atomic mass is 16.5. The molecule has 7 nitrogen and oxygen atoms in total. The molecule has 1 aliphatic carbocycles. The second-order valence-electron chi connectivity index (χ2n) is 9.88. The van der Waals surface area contributed by atoms with Gasteiger partial charge in [-0.3, -0.25) is 24.1 Å². The molecular weight excluding hydrogens is 444 g/mol. The number of amides is 3. The molecule has 0 aromatic heterocycles. The first-order valence-electron chi connectivity index (χ1n) is 11.9. The van der Waals surface area contributed by atoms with E-state index in [0.717, 1.165) is 22.4 Å². The molecule has 0 radical (unpaired) electrons. The van der Waals surface area contributed by atoms with Crippen molar-refractivity contribution in [3.63, 3.8) is 0 Å². The Labute approximate surface area is 204 Å². The first-order valence-corrected chi connectivity index (χ1v) is 11.9. The van der Waals surface area contributed by atoms with Crippen LogP contribution in [0.4, 0.5) is 11.4 Å². The molecule has 2 aromatic carbocycles. The maximum Gasteiger partial charge on any atom is 0.316 e. The lowest BCUT2D eigenvalue weighted by Gasteiger charge is -2.18. The Bertz CT molecular complexity index is 1240. The lowest BCUT2D eigenvalue weighted by molar-refractivity contribution is -0.139. The molecule has 3 atom stereocenters. The van der Waals surface area contributed by atoms with E-state index >= 15 is 0 Å². The van der Waals surface area contributed by atoms with Crippen molar-refractivity contribution >= 4 is 35.1 Å². The van der Waals surface area contributed by atoms with Gasteiger partial charge in [0.1, 0.15) is 5.75 Å². The molecule has 0 saturated carbocycles. The normalized spacial score (nSPS) is 24.0. The van der Waals surface area contributed by atoms with E-state index in [1.54, 1.807) is 29.2 Å². The fourth-order valence-electron chi connectivity index (χ4n) is 5.38. The summed E-state index contributed by atoms with van der Waals surface area (Å²) < 4.78 is 5.54. The summed E-state index contributed by atoms with van der Waals surface area (Å²) in [5.41, 5.74) is 4.51. The minimum absolute atomic E-state index is 0.0942. The highest BCUT2D eigenvalue weighted by Gasteiger charge is 2.48. The van der Waals surface area contributed by atoms with E-state index < -0.39 is 11.9 Å². The fourth-order valence-corrected chi connectivity index (χ4v) is 5.38. The van der Waals surface area contributed by atoms with Crippen molar-refractivity contribution in [1.82, 2.24) is 0 Å². The predicted molar refractivity (Wildman–Crippen MR) is 131 cm³/mol. The number of benzene rings is 2. The van der Waals surface area contributed by atoms with Crippen LogP contribution in [0.5, 0.6) is 5.75 Å². The molecule has 2 aromatic rings. The zero-order valence-corrected chi connectivity index (χ0v) is 20.1. The van der Waals surface area contributed by atoms with Gasteiger partial charge >= 0.3 is 5.97 Å². The molecule has 0 bridgehead atoms. The van der Waals surface area contributed by atoms with Crippen molar-refractivity contribution in [2.24, 2.45) is 17.8 Å². The lowest BCUT2D eigenvalue weighted by atomic mass is 9.82. The molecule has 5 rings (SSSR count). The highest BCUT2D eigenvalue weighted by molar-refractivity contribution is 6.22. The van der Waals surface area contributed by atoms with Gasteiger partial charge in [0.25, 0.3) is 0 Å². The summed E-state index contributed by atoms with van der Waals surface area (Å²) in [5.74, 6) is -1.79. The molecule has 0 spiro atoms. The number of rotatable bonds is 4. The maximum atomic E-state index is 12.9. The average Bonchev–Trinajstić information content (AvgIpc) is 3.31. The van der Waals surface area contributed by atoms with E-state index in [1.807, 2.05) is 45.0 Å². The Morgan fingerprint density at radius 2 is 1.51 bits per heavy atom. The molecule has 35 heavy (non-hydrogen) atoms. The first-order chi connectivity index (χ1) is 16.7. The predicted octanol–water partition coefficient (Wildman–Crippen LogP) is 4.11. The number of hydrogen-bond acceptors (Lipinski definition) is 5. The van der Waals surface area contributed by atoms with Crippen molar-refractivity contribution in [1.29, 1.82) is 0 Å². The smallest absolute Gasteiger partial charge is 0.316 e. The standard InChI is InChI=1S/C28H28N2O5/c1-16-4-9-23-24(13-16)27(33)30(26(23)32)20-5-7-22(8-6-20)35-28(34)19-14-25(31)29(15-19)21-11-17(2)10-18(3)12-21/h4-8,10-12,19,23-24H,9,13-15H2,1-3H3/t19-,23-,24+/m1/s1. The molecule has 0 N–H and O–H groups in total. The minimum atomic E-state index is -0.566. The van der Waals surface area contributed by atoms with Gasteiger partial charge in [0.05, 0.1) is 23.4 Å². The number of anilines is 2. The molecular formula is C28H28N2O5. The lowest BCUT2D eigenvalue weighted by Crippen LogP contribution is -2.30. The van der Waals surface area contributed by atoms with Crippen LogP contribution in [-0.2, 0) is 19.2 Å². The largest absolute Gasteiger partial charge is 0.426 e. The van der Waals surface area contributed by atoms with Crippen LogP contribution in [0.3, 0.4) is 0 Å². The molecule has 7 heteroatoms. The van der Waals surface area contributed by atoms with E-state index in [2.05, 4.69) is 0 Å². The number of carbonyl (C=O) groups excluding carboxylic acids is 4. The third-order valence-electron chi connectivity index (χ3n) is 7.11. The molecule has 2 aliphatic heterocycles. The zero-order chi connectivity index (χ0) is 24.9. The van der Waals surface area contributed by atoms with E-state index in [1.165, 1.54) is 4.90 Å². The maximum absolute atomic E-state index is 12.9. The molecule has 3 amide bonds. The number of fused-ring (bicyclic) bond motifs is 1. The summed E-state index contributed by atoms with van der Waals surface area (Å²) >= 11 is 0. The molecule has 2 saturated heterocycles. The van der Waals surface area contributed by atoms with Gasteiger partial charge in [-0.2, -0.15) is 0 Å².